The van der Waals surface area contributed by atoms with E-state index in [2.05, 4.69) is 29.2 Å². The van der Waals surface area contributed by atoms with Crippen LogP contribution >= 0.6 is 0 Å². The summed E-state index contributed by atoms with van der Waals surface area (Å²) >= 11 is 0. The first-order chi connectivity index (χ1) is 10.3. The van der Waals surface area contributed by atoms with Crippen molar-refractivity contribution in [1.82, 2.24) is 4.90 Å². The smallest absolute Gasteiger partial charge is 0.122 e. The van der Waals surface area contributed by atoms with Gasteiger partial charge >= 0.3 is 0 Å². The summed E-state index contributed by atoms with van der Waals surface area (Å²) in [5.41, 5.74) is 1.39. The lowest BCUT2D eigenvalue weighted by Crippen LogP contribution is -2.45. The van der Waals surface area contributed by atoms with Crippen LogP contribution in [0, 0.1) is 0 Å². The minimum atomic E-state index is 0.526. The largest absolute Gasteiger partial charge is 0.496 e. The molecule has 21 heavy (non-hydrogen) atoms. The maximum atomic E-state index is 6.02. The van der Waals surface area contributed by atoms with Crippen molar-refractivity contribution in [3.63, 3.8) is 0 Å². The normalized spacial score (nSPS) is 33.5. The highest BCUT2D eigenvalue weighted by molar-refractivity contribution is 5.36. The quantitative estimate of drug-likeness (QED) is 0.852. The number of nitrogens with zero attached hydrogens (tertiary/aromatic N) is 1. The van der Waals surface area contributed by atoms with Gasteiger partial charge in [0.25, 0.3) is 0 Å². The molecule has 0 aliphatic carbocycles. The number of hydrogen-bond acceptors (Lipinski definition) is 3. The zero-order valence-electron chi connectivity index (χ0n) is 12.8. The van der Waals surface area contributed by atoms with Crippen molar-refractivity contribution in [2.75, 3.05) is 20.2 Å². The maximum Gasteiger partial charge on any atom is 0.122 e. The molecule has 1 aromatic carbocycles. The van der Waals surface area contributed by atoms with Crippen LogP contribution in [0.1, 0.15) is 43.6 Å². The summed E-state index contributed by atoms with van der Waals surface area (Å²) in [6.45, 7) is 2.42. The molecule has 3 nitrogen and oxygen atoms in total. The molecule has 0 radical (unpaired) electrons. The monoisotopic (exact) mass is 287 g/mol. The molecule has 3 aliphatic heterocycles. The number of ether oxygens (including phenoxy) is 2. The van der Waals surface area contributed by atoms with Gasteiger partial charge < -0.3 is 9.47 Å². The van der Waals surface area contributed by atoms with Crippen molar-refractivity contribution < 1.29 is 9.47 Å². The number of piperidine rings is 1. The molecule has 2 bridgehead atoms. The molecule has 0 amide bonds. The standard InChI is InChI=1S/C18H25NO2/c1-20-17-5-3-2-4-15(17)13-8-10-19(11-9-13)16-12-14-6-7-18(16)21-14/h2-5,13-14,16,18H,6-12H2,1H3. The van der Waals surface area contributed by atoms with Crippen LogP contribution in [0.5, 0.6) is 5.75 Å². The van der Waals surface area contributed by atoms with E-state index in [1.807, 2.05) is 0 Å². The average molecular weight is 287 g/mol. The zero-order valence-corrected chi connectivity index (χ0v) is 12.8. The number of para-hydroxylation sites is 1. The van der Waals surface area contributed by atoms with Crippen molar-refractivity contribution in [3.05, 3.63) is 29.8 Å². The van der Waals surface area contributed by atoms with Gasteiger partial charge in [-0.25, -0.2) is 0 Å². The summed E-state index contributed by atoms with van der Waals surface area (Å²) in [6, 6.07) is 9.21. The number of methoxy groups -OCH3 is 1. The van der Waals surface area contributed by atoms with Gasteiger partial charge in [0.05, 0.1) is 19.3 Å². The van der Waals surface area contributed by atoms with Crippen LogP contribution in [0.25, 0.3) is 0 Å². The van der Waals surface area contributed by atoms with Gasteiger partial charge in [-0.1, -0.05) is 18.2 Å². The Morgan fingerprint density at radius 3 is 2.57 bits per heavy atom. The highest BCUT2D eigenvalue weighted by Gasteiger charge is 2.44. The van der Waals surface area contributed by atoms with Gasteiger partial charge in [0.15, 0.2) is 0 Å². The lowest BCUT2D eigenvalue weighted by Gasteiger charge is -2.38. The Kier molecular flexibility index (Phi) is 3.64. The van der Waals surface area contributed by atoms with Gasteiger partial charge in [0.1, 0.15) is 5.75 Å². The molecule has 4 rings (SSSR count). The van der Waals surface area contributed by atoms with Crippen LogP contribution in [0.15, 0.2) is 24.3 Å². The number of benzene rings is 1. The summed E-state index contributed by atoms with van der Waals surface area (Å²) < 4.78 is 11.6. The number of hydrogen-bond donors (Lipinski definition) is 0. The third-order valence-electron chi connectivity index (χ3n) is 5.65. The van der Waals surface area contributed by atoms with Gasteiger partial charge in [-0.2, -0.15) is 0 Å². The molecule has 114 valence electrons. The first-order valence-corrected chi connectivity index (χ1v) is 8.37. The second kappa shape index (κ2) is 5.62. The Hall–Kier alpha value is -1.06. The molecule has 3 fully saturated rings. The predicted octanol–water partition coefficient (Wildman–Crippen LogP) is 3.19. The van der Waals surface area contributed by atoms with Crippen LogP contribution in [-0.4, -0.2) is 43.3 Å². The molecule has 3 aliphatic rings. The predicted molar refractivity (Wildman–Crippen MR) is 82.8 cm³/mol. The number of likely N-dealkylation sites (tertiary alicyclic amines) is 1. The Bertz CT molecular complexity index is 496. The Balaban J connectivity index is 1.40. The fraction of sp³-hybridized carbons (Fsp3) is 0.667. The number of fused-ring (bicyclic) bond motifs is 2. The molecule has 0 aromatic heterocycles. The third kappa shape index (κ3) is 2.47. The molecule has 1 aromatic rings. The first kappa shape index (κ1) is 13.6. The SMILES string of the molecule is COc1ccccc1C1CCN(C2CC3CCC2O3)CC1. The van der Waals surface area contributed by atoms with Gasteiger partial charge in [0, 0.05) is 6.04 Å². The second-order valence-electron chi connectivity index (χ2n) is 6.73. The van der Waals surface area contributed by atoms with Gasteiger partial charge in [0.2, 0.25) is 0 Å². The van der Waals surface area contributed by atoms with Gasteiger partial charge in [-0.3, -0.25) is 4.90 Å². The average Bonchev–Trinajstić information content (AvgIpc) is 3.18. The van der Waals surface area contributed by atoms with Crippen LogP contribution in [0.3, 0.4) is 0 Å². The van der Waals surface area contributed by atoms with E-state index >= 15 is 0 Å². The second-order valence-corrected chi connectivity index (χ2v) is 6.73. The van der Waals surface area contributed by atoms with E-state index in [9.17, 15) is 0 Å². The van der Waals surface area contributed by atoms with E-state index in [1.165, 1.54) is 50.8 Å². The molecule has 3 unspecified atom stereocenters. The molecule has 0 saturated carbocycles. The summed E-state index contributed by atoms with van der Waals surface area (Å²) in [5.74, 6) is 1.70. The van der Waals surface area contributed by atoms with E-state index < -0.39 is 0 Å². The first-order valence-electron chi connectivity index (χ1n) is 8.37. The van der Waals surface area contributed by atoms with Crippen LogP contribution in [0.4, 0.5) is 0 Å². The highest BCUT2D eigenvalue weighted by atomic mass is 16.5. The molecule has 3 heterocycles. The lowest BCUT2D eigenvalue weighted by atomic mass is 9.86. The topological polar surface area (TPSA) is 21.7 Å². The molecule has 0 spiro atoms. The van der Waals surface area contributed by atoms with E-state index in [4.69, 9.17) is 9.47 Å². The maximum absolute atomic E-state index is 6.02. The highest BCUT2D eigenvalue weighted by Crippen LogP contribution is 2.40. The van der Waals surface area contributed by atoms with Crippen LogP contribution in [0.2, 0.25) is 0 Å². The molecule has 3 heteroatoms. The third-order valence-corrected chi connectivity index (χ3v) is 5.65. The summed E-state index contributed by atoms with van der Waals surface area (Å²) in [7, 11) is 1.78. The Labute approximate surface area is 127 Å². The van der Waals surface area contributed by atoms with Crippen molar-refractivity contribution in [1.29, 1.82) is 0 Å². The minimum absolute atomic E-state index is 0.526. The van der Waals surface area contributed by atoms with E-state index in [0.717, 1.165) is 5.75 Å². The van der Waals surface area contributed by atoms with E-state index in [0.29, 0.717) is 24.2 Å². The molecular formula is C18H25NO2. The molecule has 3 saturated heterocycles. The van der Waals surface area contributed by atoms with Crippen molar-refractivity contribution in [3.8, 4) is 5.75 Å². The van der Waals surface area contributed by atoms with Crippen molar-refractivity contribution >= 4 is 0 Å². The summed E-state index contributed by atoms with van der Waals surface area (Å²) in [5, 5.41) is 0. The molecular weight excluding hydrogens is 262 g/mol. The Morgan fingerprint density at radius 2 is 1.90 bits per heavy atom. The van der Waals surface area contributed by atoms with Crippen LogP contribution < -0.4 is 4.74 Å². The van der Waals surface area contributed by atoms with Crippen molar-refractivity contribution in [2.45, 2.75) is 56.3 Å². The minimum Gasteiger partial charge on any atom is -0.496 e. The molecule has 0 N–H and O–H groups in total. The van der Waals surface area contributed by atoms with E-state index in [-0.39, 0.29) is 0 Å². The van der Waals surface area contributed by atoms with Gasteiger partial charge in [-0.15, -0.1) is 0 Å². The summed E-state index contributed by atoms with van der Waals surface area (Å²) in [6.07, 6.45) is 7.41. The fourth-order valence-corrected chi connectivity index (χ4v) is 4.54. The van der Waals surface area contributed by atoms with Crippen LogP contribution in [-0.2, 0) is 4.74 Å². The van der Waals surface area contributed by atoms with Gasteiger partial charge in [-0.05, 0) is 62.7 Å². The zero-order chi connectivity index (χ0) is 14.2. The summed E-state index contributed by atoms with van der Waals surface area (Å²) in [4.78, 5) is 2.69. The fourth-order valence-electron chi connectivity index (χ4n) is 4.54. The number of rotatable bonds is 3. The molecule has 3 atom stereocenters. The lowest BCUT2D eigenvalue weighted by molar-refractivity contribution is 0.0602. The van der Waals surface area contributed by atoms with E-state index in [1.54, 1.807) is 7.11 Å². The van der Waals surface area contributed by atoms with Crippen molar-refractivity contribution in [2.24, 2.45) is 0 Å². The Morgan fingerprint density at radius 1 is 1.10 bits per heavy atom.